The van der Waals surface area contributed by atoms with E-state index in [-0.39, 0.29) is 30.2 Å². The second-order valence-corrected chi connectivity index (χ2v) is 4.03. The molecule has 0 spiro atoms. The Bertz CT molecular complexity index is 244. The van der Waals surface area contributed by atoms with Gasteiger partial charge in [0, 0.05) is 38.6 Å². The number of rotatable bonds is 8. The number of carbonyl (C=O) groups excluding carboxylic acids is 2. The Morgan fingerprint density at radius 3 is 2.41 bits per heavy atom. The lowest BCUT2D eigenvalue weighted by molar-refractivity contribution is -0.125. The van der Waals surface area contributed by atoms with Crippen LogP contribution in [0.5, 0.6) is 0 Å². The predicted octanol–water partition coefficient (Wildman–Crippen LogP) is -0.761. The minimum atomic E-state index is -0.244. The Morgan fingerprint density at radius 1 is 1.24 bits per heavy atom. The fourth-order valence-electron chi connectivity index (χ4n) is 1.08. The number of hydrogen-bond donors (Lipinski definition) is 3. The molecule has 2 amide bonds. The third-order valence-electron chi connectivity index (χ3n) is 2.48. The van der Waals surface area contributed by atoms with Crippen molar-refractivity contribution in [1.82, 2.24) is 10.6 Å². The van der Waals surface area contributed by atoms with Gasteiger partial charge in [0.2, 0.25) is 11.8 Å². The van der Waals surface area contributed by atoms with Gasteiger partial charge in [0.1, 0.15) is 0 Å². The molecule has 0 aliphatic rings. The van der Waals surface area contributed by atoms with E-state index in [1.807, 2.05) is 0 Å². The summed E-state index contributed by atoms with van der Waals surface area (Å²) in [6, 6.07) is -0.189. The Balaban J connectivity index is 3.62. The highest BCUT2D eigenvalue weighted by Crippen LogP contribution is 1.98. The minimum absolute atomic E-state index is 0.101. The van der Waals surface area contributed by atoms with E-state index in [9.17, 15) is 9.59 Å². The van der Waals surface area contributed by atoms with Gasteiger partial charge in [-0.25, -0.2) is 0 Å². The lowest BCUT2D eigenvalue weighted by atomic mass is 10.0. The number of amides is 2. The largest absolute Gasteiger partial charge is 0.383 e. The normalized spacial score (nSPS) is 13.9. The van der Waals surface area contributed by atoms with Gasteiger partial charge < -0.3 is 21.1 Å². The summed E-state index contributed by atoms with van der Waals surface area (Å²) in [6.45, 7) is 4.84. The van der Waals surface area contributed by atoms with Crippen LogP contribution in [-0.2, 0) is 14.3 Å². The molecule has 6 nitrogen and oxygen atoms in total. The lowest BCUT2D eigenvalue weighted by Gasteiger charge is -2.15. The SMILES string of the molecule is COCCNC(=O)CCNC(=O)C(C)C(C)N. The summed E-state index contributed by atoms with van der Waals surface area (Å²) in [6.07, 6.45) is 0.265. The number of carbonyl (C=O) groups is 2. The zero-order chi connectivity index (χ0) is 13.3. The van der Waals surface area contributed by atoms with Crippen LogP contribution in [0.1, 0.15) is 20.3 Å². The van der Waals surface area contributed by atoms with Gasteiger partial charge in [0.25, 0.3) is 0 Å². The van der Waals surface area contributed by atoms with Crippen molar-refractivity contribution in [3.05, 3.63) is 0 Å². The van der Waals surface area contributed by atoms with E-state index >= 15 is 0 Å². The molecule has 2 atom stereocenters. The maximum atomic E-state index is 11.5. The van der Waals surface area contributed by atoms with Gasteiger partial charge in [-0.05, 0) is 6.92 Å². The number of ether oxygens (including phenoxy) is 1. The fraction of sp³-hybridized carbons (Fsp3) is 0.818. The molecule has 17 heavy (non-hydrogen) atoms. The first kappa shape index (κ1) is 15.9. The molecular weight excluding hydrogens is 222 g/mol. The number of methoxy groups -OCH3 is 1. The molecular formula is C11H23N3O3. The Kier molecular flexibility index (Phi) is 8.35. The molecule has 100 valence electrons. The van der Waals surface area contributed by atoms with Crippen LogP contribution in [0.3, 0.4) is 0 Å². The van der Waals surface area contributed by atoms with Crippen molar-refractivity contribution in [2.75, 3.05) is 26.8 Å². The van der Waals surface area contributed by atoms with Gasteiger partial charge in [0.15, 0.2) is 0 Å². The fourth-order valence-corrected chi connectivity index (χ4v) is 1.08. The highest BCUT2D eigenvalue weighted by Gasteiger charge is 2.16. The smallest absolute Gasteiger partial charge is 0.224 e. The molecule has 0 aromatic carbocycles. The predicted molar refractivity (Wildman–Crippen MR) is 65.3 cm³/mol. The van der Waals surface area contributed by atoms with Gasteiger partial charge in [-0.3, -0.25) is 9.59 Å². The van der Waals surface area contributed by atoms with Crippen LogP contribution in [0.4, 0.5) is 0 Å². The van der Waals surface area contributed by atoms with E-state index in [2.05, 4.69) is 10.6 Å². The van der Waals surface area contributed by atoms with Crippen molar-refractivity contribution in [3.8, 4) is 0 Å². The van der Waals surface area contributed by atoms with Crippen molar-refractivity contribution in [3.63, 3.8) is 0 Å². The van der Waals surface area contributed by atoms with Crippen LogP contribution in [0, 0.1) is 5.92 Å². The molecule has 0 aromatic heterocycles. The molecule has 2 unspecified atom stereocenters. The Labute approximate surface area is 102 Å². The average molecular weight is 245 g/mol. The van der Waals surface area contributed by atoms with Gasteiger partial charge in [-0.1, -0.05) is 6.92 Å². The maximum Gasteiger partial charge on any atom is 0.224 e. The number of hydrogen-bond acceptors (Lipinski definition) is 4. The number of nitrogens with one attached hydrogen (secondary N) is 2. The maximum absolute atomic E-state index is 11.5. The van der Waals surface area contributed by atoms with E-state index in [1.54, 1.807) is 21.0 Å². The first-order chi connectivity index (χ1) is 7.99. The van der Waals surface area contributed by atoms with Crippen LogP contribution < -0.4 is 16.4 Å². The van der Waals surface area contributed by atoms with Crippen molar-refractivity contribution in [1.29, 1.82) is 0 Å². The van der Waals surface area contributed by atoms with Crippen molar-refractivity contribution in [2.24, 2.45) is 11.7 Å². The van der Waals surface area contributed by atoms with Gasteiger partial charge in [0.05, 0.1) is 6.61 Å². The van der Waals surface area contributed by atoms with Gasteiger partial charge >= 0.3 is 0 Å². The van der Waals surface area contributed by atoms with E-state index in [0.717, 1.165) is 0 Å². The second-order valence-electron chi connectivity index (χ2n) is 4.03. The van der Waals surface area contributed by atoms with Crippen LogP contribution in [-0.4, -0.2) is 44.7 Å². The molecule has 0 bridgehead atoms. The second kappa shape index (κ2) is 8.95. The average Bonchev–Trinajstić information content (AvgIpc) is 2.28. The van der Waals surface area contributed by atoms with Crippen molar-refractivity contribution >= 4 is 11.8 Å². The quantitative estimate of drug-likeness (QED) is 0.490. The standard InChI is InChI=1S/C11H23N3O3/c1-8(9(2)12)11(16)14-5-4-10(15)13-6-7-17-3/h8-9H,4-7,12H2,1-3H3,(H,13,15)(H,14,16). The van der Waals surface area contributed by atoms with Crippen molar-refractivity contribution in [2.45, 2.75) is 26.3 Å². The van der Waals surface area contributed by atoms with E-state index in [1.165, 1.54) is 0 Å². The first-order valence-electron chi connectivity index (χ1n) is 5.78. The van der Waals surface area contributed by atoms with Gasteiger partial charge in [-0.15, -0.1) is 0 Å². The van der Waals surface area contributed by atoms with E-state index in [0.29, 0.717) is 19.7 Å². The topological polar surface area (TPSA) is 93.5 Å². The highest BCUT2D eigenvalue weighted by molar-refractivity contribution is 5.80. The summed E-state index contributed by atoms with van der Waals surface area (Å²) < 4.78 is 4.79. The van der Waals surface area contributed by atoms with Crippen LogP contribution in [0.25, 0.3) is 0 Å². The molecule has 0 radical (unpaired) electrons. The Morgan fingerprint density at radius 2 is 1.88 bits per heavy atom. The molecule has 0 heterocycles. The summed E-state index contributed by atoms with van der Waals surface area (Å²) in [7, 11) is 1.57. The molecule has 0 rings (SSSR count). The number of nitrogens with two attached hydrogens (primary N) is 1. The molecule has 0 saturated heterocycles. The Hall–Kier alpha value is -1.14. The minimum Gasteiger partial charge on any atom is -0.383 e. The molecule has 0 fully saturated rings. The summed E-state index contributed by atoms with van der Waals surface area (Å²) >= 11 is 0. The monoisotopic (exact) mass is 245 g/mol. The molecule has 0 aromatic rings. The first-order valence-corrected chi connectivity index (χ1v) is 5.78. The summed E-state index contributed by atoms with van der Waals surface area (Å²) in [5.74, 6) is -0.466. The lowest BCUT2D eigenvalue weighted by Crippen LogP contribution is -2.40. The van der Waals surface area contributed by atoms with E-state index in [4.69, 9.17) is 10.5 Å². The van der Waals surface area contributed by atoms with E-state index < -0.39 is 0 Å². The van der Waals surface area contributed by atoms with Crippen LogP contribution in [0.2, 0.25) is 0 Å². The zero-order valence-electron chi connectivity index (χ0n) is 10.8. The van der Waals surface area contributed by atoms with Crippen LogP contribution in [0.15, 0.2) is 0 Å². The molecule has 4 N–H and O–H groups in total. The summed E-state index contributed by atoms with van der Waals surface area (Å²) in [5.41, 5.74) is 5.60. The zero-order valence-corrected chi connectivity index (χ0v) is 10.8. The summed E-state index contributed by atoms with van der Waals surface area (Å²) in [4.78, 5) is 22.7. The van der Waals surface area contributed by atoms with Gasteiger partial charge in [-0.2, -0.15) is 0 Å². The molecule has 0 aliphatic carbocycles. The molecule has 0 aliphatic heterocycles. The highest BCUT2D eigenvalue weighted by atomic mass is 16.5. The third-order valence-corrected chi connectivity index (χ3v) is 2.48. The molecule has 0 saturated carbocycles. The third kappa shape index (κ3) is 7.70. The molecule has 6 heteroatoms. The van der Waals surface area contributed by atoms with Crippen molar-refractivity contribution < 1.29 is 14.3 Å². The van der Waals surface area contributed by atoms with Crippen LogP contribution >= 0.6 is 0 Å². The summed E-state index contributed by atoms with van der Waals surface area (Å²) in [5, 5.41) is 5.34.